The molecule has 0 aliphatic carbocycles. The third kappa shape index (κ3) is 2.75. The minimum absolute atomic E-state index is 0. The van der Waals surface area contributed by atoms with Crippen LogP contribution in [0.5, 0.6) is 5.75 Å². The van der Waals surface area contributed by atoms with E-state index in [2.05, 4.69) is 11.9 Å². The van der Waals surface area contributed by atoms with Gasteiger partial charge in [0.05, 0.1) is 25.2 Å². The number of phenols is 1. The van der Waals surface area contributed by atoms with E-state index in [1.807, 2.05) is 0 Å². The summed E-state index contributed by atoms with van der Waals surface area (Å²) in [5, 5.41) is 12.8. The molecule has 6 nitrogen and oxygen atoms in total. The molecule has 8 heteroatoms. The number of hydrogen-bond acceptors (Lipinski definition) is 5. The summed E-state index contributed by atoms with van der Waals surface area (Å²) in [6, 6.07) is 1.60. The molecule has 0 unspecified atom stereocenters. The number of halogens is 2. The Hall–Kier alpha value is -2.19. The highest BCUT2D eigenvalue weighted by Gasteiger charge is 2.55. The summed E-state index contributed by atoms with van der Waals surface area (Å²) in [7, 11) is 3.10. The van der Waals surface area contributed by atoms with Crippen LogP contribution in [0.15, 0.2) is 24.5 Å². The summed E-state index contributed by atoms with van der Waals surface area (Å²) in [5.41, 5.74) is -1.31. The summed E-state index contributed by atoms with van der Waals surface area (Å²) < 4.78 is 78.9. The number of nitrogens with zero attached hydrogens (tertiary/aromatic N) is 1. The van der Waals surface area contributed by atoms with E-state index >= 15 is 0 Å². The SMILES string of the molecule is C=C1N[C@@]2(c3cc(O)c(F)cc3F)CO[C@@H](COC)C[C@H]2C(=O)N1C.[2HH].[2H][2H].[2H][2H].[2H][2H].[2H][2H]. The number of aromatic hydroxyl groups is 1. The first-order valence-corrected chi connectivity index (χ1v) is 7.84. The molecule has 0 bridgehead atoms. The van der Waals surface area contributed by atoms with Gasteiger partial charge in [-0.3, -0.25) is 4.79 Å². The van der Waals surface area contributed by atoms with E-state index in [4.69, 9.17) is 21.4 Å². The Bertz CT molecular complexity index is 755. The molecule has 2 N–H and O–H groups in total. The Morgan fingerprint density at radius 3 is 2.96 bits per heavy atom. The summed E-state index contributed by atoms with van der Waals surface area (Å²) in [5.74, 6) is -3.29. The second-order valence-corrected chi connectivity index (χ2v) is 6.40. The van der Waals surface area contributed by atoms with Gasteiger partial charge in [0.15, 0.2) is 11.6 Å². The summed E-state index contributed by atoms with van der Waals surface area (Å²) >= 11 is 0. The van der Waals surface area contributed by atoms with E-state index in [-0.39, 0.29) is 37.8 Å². The minimum atomic E-state index is -1.28. The number of carbonyl (C=O) groups is 1. The number of methoxy groups -OCH3 is 1. The average molecular weight is 373 g/mol. The Kier molecular flexibility index (Phi) is 3.28. The van der Waals surface area contributed by atoms with Crippen molar-refractivity contribution in [1.82, 2.24) is 10.2 Å². The predicted molar refractivity (Wildman–Crippen MR) is 95.0 cm³/mol. The monoisotopic (exact) mass is 373 g/mol. The molecule has 2 aliphatic heterocycles. The highest BCUT2D eigenvalue weighted by molar-refractivity contribution is 5.83. The molecule has 0 aromatic heterocycles. The number of amides is 1. The minimum Gasteiger partial charge on any atom is -0.505 e. The maximum atomic E-state index is 14.6. The first-order valence-electron chi connectivity index (χ1n) is 11.8. The highest BCUT2D eigenvalue weighted by atomic mass is 19.1. The van der Waals surface area contributed by atoms with Crippen molar-refractivity contribution in [1.29, 1.82) is 0 Å². The highest BCUT2D eigenvalue weighted by Crippen LogP contribution is 2.44. The summed E-state index contributed by atoms with van der Waals surface area (Å²) in [4.78, 5) is 14.2. The van der Waals surface area contributed by atoms with Gasteiger partial charge in [0, 0.05) is 39.1 Å². The van der Waals surface area contributed by atoms with Crippen LogP contribution in [0, 0.1) is 17.6 Å². The Labute approximate surface area is 157 Å². The average Bonchev–Trinajstić information content (AvgIpc) is 2.86. The first kappa shape index (κ1) is 13.1. The zero-order chi connectivity index (χ0) is 26.4. The Morgan fingerprint density at radius 2 is 2.28 bits per heavy atom. The van der Waals surface area contributed by atoms with Crippen molar-refractivity contribution in [3.63, 3.8) is 0 Å². The number of nitrogens with one attached hydrogen (secondary N) is 1. The molecule has 2 heterocycles. The topological polar surface area (TPSA) is 71.0 Å². The van der Waals surface area contributed by atoms with E-state index in [0.717, 1.165) is 6.07 Å². The Morgan fingerprint density at radius 1 is 1.56 bits per heavy atom. The van der Waals surface area contributed by atoms with Crippen LogP contribution in [-0.2, 0) is 19.8 Å². The molecular formula is C17H30F2N2O4. The smallest absolute Gasteiger partial charge is 0.233 e. The quantitative estimate of drug-likeness (QED) is 0.852. The first-order chi connectivity index (χ1) is 15.8. The van der Waals surface area contributed by atoms with Crippen molar-refractivity contribution in [2.75, 3.05) is 27.4 Å². The molecule has 0 spiro atoms. The number of phenolic OH excluding ortho intramolecular Hbond substituents is 1. The molecule has 3 atom stereocenters. The van der Waals surface area contributed by atoms with Crippen molar-refractivity contribution in [3.05, 3.63) is 41.7 Å². The molecule has 0 saturated carbocycles. The van der Waals surface area contributed by atoms with Gasteiger partial charge in [-0.2, -0.15) is 0 Å². The fraction of sp³-hybridized carbons (Fsp3) is 0.471. The third-order valence-electron chi connectivity index (χ3n) is 4.91. The fourth-order valence-electron chi connectivity index (χ4n) is 3.54. The predicted octanol–water partition coefficient (Wildman–Crippen LogP) is 2.68. The zero-order valence-electron chi connectivity index (χ0n) is 22.0. The molecule has 2 aliphatic rings. The van der Waals surface area contributed by atoms with Crippen molar-refractivity contribution in [3.8, 4) is 5.75 Å². The number of fused-ring (bicyclic) bond motifs is 1. The molecular weight excluding hydrogens is 334 g/mol. The number of benzene rings is 1. The lowest BCUT2D eigenvalue weighted by Crippen LogP contribution is -2.66. The molecule has 3 rings (SSSR count). The lowest BCUT2D eigenvalue weighted by atomic mass is 9.71. The van der Waals surface area contributed by atoms with Gasteiger partial charge in [-0.1, -0.05) is 6.58 Å². The molecule has 146 valence electrons. The molecule has 2 fully saturated rings. The van der Waals surface area contributed by atoms with Crippen LogP contribution in [0.1, 0.15) is 25.3 Å². The number of hydrogen-bond donors (Lipinski definition) is 2. The van der Waals surface area contributed by atoms with E-state index < -0.39 is 28.8 Å². The largest absolute Gasteiger partial charge is 0.505 e. The van der Waals surface area contributed by atoms with Crippen LogP contribution in [0.4, 0.5) is 8.78 Å². The van der Waals surface area contributed by atoms with Gasteiger partial charge in [-0.15, -0.1) is 0 Å². The zero-order valence-corrected chi connectivity index (χ0v) is 14.0. The Balaban J connectivity index is -0.000000969. The van der Waals surface area contributed by atoms with E-state index in [1.165, 1.54) is 12.0 Å². The van der Waals surface area contributed by atoms with Crippen molar-refractivity contribution >= 4 is 5.91 Å². The second-order valence-electron chi connectivity index (χ2n) is 6.40. The van der Waals surface area contributed by atoms with Gasteiger partial charge in [-0.25, -0.2) is 8.78 Å². The van der Waals surface area contributed by atoms with Crippen LogP contribution in [-0.4, -0.2) is 49.4 Å². The molecule has 1 amide bonds. The summed E-state index contributed by atoms with van der Waals surface area (Å²) in [6.45, 7) is 4.03. The van der Waals surface area contributed by atoms with Gasteiger partial charge in [0.1, 0.15) is 17.2 Å². The maximum Gasteiger partial charge on any atom is 0.233 e. The van der Waals surface area contributed by atoms with Gasteiger partial charge >= 0.3 is 0 Å². The molecule has 0 radical (unpaired) electrons. The van der Waals surface area contributed by atoms with Crippen molar-refractivity contribution < 1.29 is 41.5 Å². The van der Waals surface area contributed by atoms with Gasteiger partial charge in [0.2, 0.25) is 5.91 Å². The molecule has 1 aromatic carbocycles. The lowest BCUT2D eigenvalue weighted by Gasteiger charge is -2.52. The van der Waals surface area contributed by atoms with Crippen LogP contribution in [0.25, 0.3) is 0 Å². The maximum absolute atomic E-state index is 14.6. The van der Waals surface area contributed by atoms with Crippen LogP contribution < -0.4 is 5.32 Å². The molecule has 2 saturated heterocycles. The third-order valence-corrected chi connectivity index (χ3v) is 4.91. The number of rotatable bonds is 3. The summed E-state index contributed by atoms with van der Waals surface area (Å²) in [6.07, 6.45) is -0.0414. The van der Waals surface area contributed by atoms with Crippen LogP contribution in [0.2, 0.25) is 0 Å². The normalized spacial score (nSPS) is 30.6. The van der Waals surface area contributed by atoms with Crippen molar-refractivity contribution in [2.45, 2.75) is 18.1 Å². The number of carbonyl (C=O) groups excluding carboxylic acids is 1. The van der Waals surface area contributed by atoms with Crippen molar-refractivity contribution in [2.24, 2.45) is 5.92 Å². The van der Waals surface area contributed by atoms with Crippen LogP contribution >= 0.6 is 0 Å². The lowest BCUT2D eigenvalue weighted by molar-refractivity contribution is -0.157. The van der Waals surface area contributed by atoms with Gasteiger partial charge < -0.3 is 24.8 Å². The standard InChI is InChI=1S/C17H20F2N2O4.5H2/c1-9-20-17(11-5-15(22)14(19)6-13(11)18)8-25-10(7-24-3)4-12(17)16(23)21(9)2;;;;;/h5-6,10,12,20,22H,1,4,7-8H2,2-3H3;5*1H/t10-,12+,17-;;;;;/m1...../s1/i;4*1+1D;1+1. The molecule has 25 heavy (non-hydrogen) atoms. The van der Waals surface area contributed by atoms with E-state index in [0.29, 0.717) is 12.7 Å². The van der Waals surface area contributed by atoms with E-state index in [9.17, 15) is 18.7 Å². The van der Waals surface area contributed by atoms with E-state index in [1.54, 1.807) is 7.05 Å². The number of ether oxygens (including phenoxy) is 2. The fourth-order valence-corrected chi connectivity index (χ4v) is 3.54. The second kappa shape index (κ2) is 6.27. The van der Waals surface area contributed by atoms with Gasteiger partial charge in [0.25, 0.3) is 0 Å². The van der Waals surface area contributed by atoms with Gasteiger partial charge in [-0.05, 0) is 12.5 Å². The molecule has 1 aromatic rings. The van der Waals surface area contributed by atoms with Crippen LogP contribution in [0.3, 0.4) is 0 Å².